The van der Waals surface area contributed by atoms with Crippen LogP contribution in [-0.4, -0.2) is 115 Å². The molecule has 1 saturated heterocycles. The number of rotatable bonds is 19. The van der Waals surface area contributed by atoms with Gasteiger partial charge in [-0.2, -0.15) is 0 Å². The second-order valence-electron chi connectivity index (χ2n) is 11.3. The van der Waals surface area contributed by atoms with E-state index in [1.165, 1.54) is 13.2 Å². The number of esters is 2. The zero-order valence-corrected chi connectivity index (χ0v) is 28.4. The van der Waals surface area contributed by atoms with Gasteiger partial charge in [-0.05, 0) is 26.7 Å². The molecule has 0 radical (unpaired) electrons. The molecule has 1 fully saturated rings. The Hall–Kier alpha value is -4.68. The van der Waals surface area contributed by atoms with E-state index < -0.39 is 90.2 Å². The van der Waals surface area contributed by atoms with E-state index in [2.05, 4.69) is 6.58 Å². The van der Waals surface area contributed by atoms with Crippen LogP contribution in [0.3, 0.4) is 0 Å². The molecule has 0 bridgehead atoms. The first-order chi connectivity index (χ1) is 23.1. The van der Waals surface area contributed by atoms with Crippen molar-refractivity contribution in [3.05, 3.63) is 56.3 Å². The van der Waals surface area contributed by atoms with E-state index in [1.807, 2.05) is 0 Å². The lowest BCUT2D eigenvalue weighted by Crippen LogP contribution is -2.66. The van der Waals surface area contributed by atoms with Gasteiger partial charge in [-0.1, -0.05) is 19.9 Å². The number of nitrogens with zero attached hydrogens (tertiary/aromatic N) is 5. The first-order valence-electron chi connectivity index (χ1n) is 15.8. The lowest BCUT2D eigenvalue weighted by atomic mass is 9.78. The zero-order valence-electron chi connectivity index (χ0n) is 28.4. The highest BCUT2D eigenvalue weighted by Gasteiger charge is 2.55. The smallest absolute Gasteiger partial charge is 0.336 e. The van der Waals surface area contributed by atoms with Gasteiger partial charge >= 0.3 is 35.0 Å². The summed E-state index contributed by atoms with van der Waals surface area (Å²) in [5.74, 6) is -3.19. The van der Waals surface area contributed by atoms with E-state index in [4.69, 9.17) is 14.2 Å². The second-order valence-corrected chi connectivity index (χ2v) is 11.3. The number of β-amino-alcohol motifs (C(OH)–C–C–N with tert-alkyl or cyclic N) is 1. The fraction of sp³-hybridized carbons (Fsp3) is 0.613. The lowest BCUT2D eigenvalue weighted by molar-refractivity contribution is -0.160. The minimum Gasteiger partial charge on any atom is -0.462 e. The first-order valence-corrected chi connectivity index (χ1v) is 15.8. The molecule has 1 aromatic heterocycles. The Kier molecular flexibility index (Phi) is 15.0. The minimum absolute atomic E-state index is 0.0303. The van der Waals surface area contributed by atoms with Crippen LogP contribution in [0.25, 0.3) is 0 Å². The highest BCUT2D eigenvalue weighted by molar-refractivity contribution is 6.19. The van der Waals surface area contributed by atoms with Gasteiger partial charge in [0.2, 0.25) is 11.8 Å². The lowest BCUT2D eigenvalue weighted by Gasteiger charge is -2.43. The van der Waals surface area contributed by atoms with Crippen molar-refractivity contribution in [3.8, 4) is 0 Å². The third kappa shape index (κ3) is 9.48. The molecule has 18 heteroatoms. The minimum atomic E-state index is -1.68. The molecule has 0 saturated carbocycles. The number of aliphatic hydroxyl groups excluding tert-OH is 2. The van der Waals surface area contributed by atoms with E-state index in [0.29, 0.717) is 13.7 Å². The molecule has 2 N–H and O–H groups in total. The summed E-state index contributed by atoms with van der Waals surface area (Å²) in [6.07, 6.45) is -0.852. The van der Waals surface area contributed by atoms with Gasteiger partial charge in [0.25, 0.3) is 0 Å². The summed E-state index contributed by atoms with van der Waals surface area (Å²) in [6, 6.07) is -0.952. The molecule has 0 aliphatic carbocycles. The van der Waals surface area contributed by atoms with Gasteiger partial charge in [0.1, 0.15) is 11.5 Å². The zero-order chi connectivity index (χ0) is 37.1. The second kappa shape index (κ2) is 18.2. The van der Waals surface area contributed by atoms with E-state index in [9.17, 15) is 48.6 Å². The van der Waals surface area contributed by atoms with Gasteiger partial charge in [-0.3, -0.25) is 19.4 Å². The highest BCUT2D eigenvalue weighted by atomic mass is 16.6. The molecule has 3 unspecified atom stereocenters. The topological polar surface area (TPSA) is 226 Å². The number of hydrogen-bond acceptors (Lipinski definition) is 13. The predicted molar refractivity (Wildman–Crippen MR) is 171 cm³/mol. The number of methoxy groups -OCH3 is 1. The number of hydrogen-bond donors (Lipinski definition) is 2. The number of aromatic nitrogens is 3. The molecule has 18 nitrogen and oxygen atoms in total. The summed E-state index contributed by atoms with van der Waals surface area (Å²) in [5.41, 5.74) is -4.93. The Bertz CT molecular complexity index is 1600. The molecule has 272 valence electrons. The summed E-state index contributed by atoms with van der Waals surface area (Å²) in [4.78, 5) is 104. The van der Waals surface area contributed by atoms with E-state index in [1.54, 1.807) is 27.7 Å². The molecular formula is C31H45N5O13. The highest BCUT2D eigenvalue weighted by Crippen LogP contribution is 2.36. The standard InChI is InChI=1S/C31H45N5O13/c1-7-14-33-28(44)35(16-21(37)13-15-48-23(39)11-12-24(40)49-20(5)19-47-6)30(46)36(29(33)45)18-22(38)17-34-26(42)31(8-2,9-3)25(41)32(10-4)27(34)43/h7,11-12,20-22,37-38H,1,8-10,13-19H2,2-6H3/b12-11-. The average molecular weight is 696 g/mol. The SMILES string of the molecule is C=CCn1c(=O)n(CC(O)CCOC(=O)/C=C\C(=O)OC(C)COC)c(=O)n(CC(O)CN2C(=O)N(CC)C(=O)C(CC)(CC)C2=O)c1=O. The van der Waals surface area contributed by atoms with Gasteiger partial charge < -0.3 is 24.4 Å². The number of carbonyl (C=O) groups is 5. The Morgan fingerprint density at radius 1 is 0.816 bits per heavy atom. The fourth-order valence-electron chi connectivity index (χ4n) is 5.27. The summed E-state index contributed by atoms with van der Waals surface area (Å²) in [5, 5.41) is 21.5. The number of amides is 4. The van der Waals surface area contributed by atoms with Crippen molar-refractivity contribution in [2.24, 2.45) is 5.41 Å². The number of barbiturate groups is 1. The number of aliphatic hydroxyl groups is 2. The molecule has 1 aromatic rings. The number of urea groups is 1. The van der Waals surface area contributed by atoms with Crippen molar-refractivity contribution in [3.63, 3.8) is 0 Å². The van der Waals surface area contributed by atoms with Crippen LogP contribution in [0.2, 0.25) is 0 Å². The maximum atomic E-state index is 13.4. The van der Waals surface area contributed by atoms with Crippen molar-refractivity contribution in [2.75, 3.05) is 33.4 Å². The predicted octanol–water partition coefficient (Wildman–Crippen LogP) is -1.24. The average Bonchev–Trinajstić information content (AvgIpc) is 3.05. The van der Waals surface area contributed by atoms with Crippen molar-refractivity contribution >= 4 is 29.8 Å². The van der Waals surface area contributed by atoms with Gasteiger partial charge in [0.15, 0.2) is 0 Å². The molecule has 0 spiro atoms. The molecular weight excluding hydrogens is 650 g/mol. The van der Waals surface area contributed by atoms with E-state index in [0.717, 1.165) is 22.0 Å². The summed E-state index contributed by atoms with van der Waals surface area (Å²) < 4.78 is 16.5. The van der Waals surface area contributed by atoms with E-state index >= 15 is 0 Å². The van der Waals surface area contributed by atoms with Crippen LogP contribution in [0.5, 0.6) is 0 Å². The summed E-state index contributed by atoms with van der Waals surface area (Å²) >= 11 is 0. The molecule has 49 heavy (non-hydrogen) atoms. The monoisotopic (exact) mass is 695 g/mol. The van der Waals surface area contributed by atoms with Crippen LogP contribution in [0.1, 0.15) is 47.0 Å². The van der Waals surface area contributed by atoms with Crippen molar-refractivity contribution in [1.82, 2.24) is 23.5 Å². The molecule has 2 heterocycles. The van der Waals surface area contributed by atoms with Crippen molar-refractivity contribution in [2.45, 2.75) is 84.9 Å². The largest absolute Gasteiger partial charge is 0.462 e. The van der Waals surface area contributed by atoms with Crippen LogP contribution < -0.4 is 17.1 Å². The molecule has 1 aliphatic heterocycles. The van der Waals surface area contributed by atoms with Gasteiger partial charge in [-0.15, -0.1) is 6.58 Å². The Morgan fingerprint density at radius 3 is 1.88 bits per heavy atom. The van der Waals surface area contributed by atoms with Crippen LogP contribution in [0.4, 0.5) is 4.79 Å². The molecule has 3 atom stereocenters. The van der Waals surface area contributed by atoms with Gasteiger partial charge in [-0.25, -0.2) is 42.5 Å². The molecule has 2 rings (SSSR count). The van der Waals surface area contributed by atoms with Gasteiger partial charge in [0.05, 0.1) is 51.6 Å². The van der Waals surface area contributed by atoms with Crippen LogP contribution >= 0.6 is 0 Å². The van der Waals surface area contributed by atoms with Crippen LogP contribution in [0.15, 0.2) is 39.2 Å². The third-order valence-corrected chi connectivity index (χ3v) is 7.94. The van der Waals surface area contributed by atoms with Gasteiger partial charge in [0, 0.05) is 32.2 Å². The van der Waals surface area contributed by atoms with Crippen LogP contribution in [0, 0.1) is 5.41 Å². The molecule has 0 aromatic carbocycles. The third-order valence-electron chi connectivity index (χ3n) is 7.94. The van der Waals surface area contributed by atoms with Crippen molar-refractivity contribution in [1.29, 1.82) is 0 Å². The quantitative estimate of drug-likeness (QED) is 0.0749. The first kappa shape index (κ1) is 40.5. The maximum absolute atomic E-state index is 13.4. The Balaban J connectivity index is 2.23. The number of imide groups is 2. The maximum Gasteiger partial charge on any atom is 0.336 e. The number of allylic oxidation sites excluding steroid dienone is 1. The number of carbonyl (C=O) groups excluding carboxylic acids is 5. The molecule has 1 aliphatic rings. The van der Waals surface area contributed by atoms with E-state index in [-0.39, 0.29) is 45.6 Å². The number of ether oxygens (including phenoxy) is 3. The summed E-state index contributed by atoms with van der Waals surface area (Å²) in [6.45, 7) is 7.24. The molecule has 4 amide bonds. The normalized spacial score (nSPS) is 16.5. The van der Waals surface area contributed by atoms with Crippen molar-refractivity contribution < 1.29 is 48.4 Å². The Morgan fingerprint density at radius 2 is 1.35 bits per heavy atom. The van der Waals surface area contributed by atoms with Crippen LogP contribution in [-0.2, 0) is 53.0 Å². The fourth-order valence-corrected chi connectivity index (χ4v) is 5.27. The summed E-state index contributed by atoms with van der Waals surface area (Å²) in [7, 11) is 1.43. The Labute approximate surface area is 281 Å².